The maximum atomic E-state index is 12.5. The highest BCUT2D eigenvalue weighted by molar-refractivity contribution is 6.76. The molecule has 10 heteroatoms. The summed E-state index contributed by atoms with van der Waals surface area (Å²) in [6.45, 7) is 17.8. The molecule has 0 unspecified atom stereocenters. The van der Waals surface area contributed by atoms with Gasteiger partial charge in [0.25, 0.3) is 0 Å². The Hall–Kier alpha value is -2.01. The van der Waals surface area contributed by atoms with Crippen LogP contribution in [0.25, 0.3) is 11.3 Å². The van der Waals surface area contributed by atoms with E-state index in [2.05, 4.69) is 29.8 Å². The Bertz CT molecular complexity index is 953. The molecule has 0 saturated carbocycles. The first-order valence-corrected chi connectivity index (χ1v) is 15.2. The zero-order chi connectivity index (χ0) is 24.4. The lowest BCUT2D eigenvalue weighted by molar-refractivity contribution is 0.00578. The zero-order valence-corrected chi connectivity index (χ0v) is 22.1. The van der Waals surface area contributed by atoms with E-state index in [0.29, 0.717) is 12.3 Å². The first-order valence-electron chi connectivity index (χ1n) is 11.5. The van der Waals surface area contributed by atoms with E-state index in [-0.39, 0.29) is 19.0 Å². The van der Waals surface area contributed by atoms with Gasteiger partial charge in [0, 0.05) is 20.2 Å². The van der Waals surface area contributed by atoms with Crippen molar-refractivity contribution in [2.75, 3.05) is 13.2 Å². The highest BCUT2D eigenvalue weighted by atomic mass is 28.3. The monoisotopic (exact) mass is 473 g/mol. The molecule has 0 N–H and O–H groups in total. The molecule has 1 aromatic heterocycles. The van der Waals surface area contributed by atoms with E-state index in [1.165, 1.54) is 4.80 Å². The van der Waals surface area contributed by atoms with Crippen molar-refractivity contribution in [3.05, 3.63) is 30.0 Å². The van der Waals surface area contributed by atoms with Gasteiger partial charge in [-0.1, -0.05) is 43.9 Å². The van der Waals surface area contributed by atoms with Gasteiger partial charge in [-0.2, -0.15) is 9.90 Å². The molecule has 3 rings (SSSR count). The first kappa shape index (κ1) is 25.6. The Morgan fingerprint density at radius 3 is 2.21 bits per heavy atom. The van der Waals surface area contributed by atoms with Gasteiger partial charge >= 0.3 is 13.1 Å². The predicted molar refractivity (Wildman–Crippen MR) is 131 cm³/mol. The van der Waals surface area contributed by atoms with Crippen LogP contribution in [0.5, 0.6) is 0 Å². The Morgan fingerprint density at radius 1 is 1.06 bits per heavy atom. The lowest BCUT2D eigenvalue weighted by Crippen LogP contribution is -2.41. The second-order valence-corrected chi connectivity index (χ2v) is 16.2. The Morgan fingerprint density at radius 2 is 1.67 bits per heavy atom. The van der Waals surface area contributed by atoms with Crippen molar-refractivity contribution in [3.63, 3.8) is 0 Å². The maximum Gasteiger partial charge on any atom is 0.494 e. The van der Waals surface area contributed by atoms with E-state index in [0.717, 1.165) is 17.1 Å². The molecule has 1 aromatic carbocycles. The smallest absolute Gasteiger partial charge is 0.461 e. The molecule has 8 nitrogen and oxygen atoms in total. The standard InChI is InChI=1S/C23H36BN3O5Si/c1-9-30-21(28)20-19(25-27(26-20)16-29-14-15-33(6,7)8)17-10-12-18(13-11-17)24-31-22(2,3)23(4,5)32-24/h10-13H,9,14-16H2,1-8H3. The van der Waals surface area contributed by atoms with Gasteiger partial charge in [0.2, 0.25) is 0 Å². The number of nitrogens with zero attached hydrogens (tertiary/aromatic N) is 3. The van der Waals surface area contributed by atoms with Gasteiger partial charge in [-0.15, -0.1) is 5.10 Å². The lowest BCUT2D eigenvalue weighted by atomic mass is 9.78. The quantitative estimate of drug-likeness (QED) is 0.312. The third-order valence-electron chi connectivity index (χ3n) is 6.04. The van der Waals surface area contributed by atoms with Crippen LogP contribution in [0, 0.1) is 0 Å². The topological polar surface area (TPSA) is 84.7 Å². The van der Waals surface area contributed by atoms with Crippen LogP contribution in [0.2, 0.25) is 25.7 Å². The fraction of sp³-hybridized carbons (Fsp3) is 0.609. The minimum absolute atomic E-state index is 0.175. The number of ether oxygens (including phenoxy) is 2. The Labute approximate surface area is 198 Å². The summed E-state index contributed by atoms with van der Waals surface area (Å²) in [5.74, 6) is -0.504. The third-order valence-corrected chi connectivity index (χ3v) is 7.74. The molecular weight excluding hydrogens is 437 g/mol. The van der Waals surface area contributed by atoms with Crippen LogP contribution in [0.4, 0.5) is 0 Å². The normalized spacial score (nSPS) is 17.4. The van der Waals surface area contributed by atoms with Gasteiger partial charge in [0.05, 0.1) is 17.8 Å². The molecule has 0 amide bonds. The number of benzene rings is 1. The number of aromatic nitrogens is 3. The summed E-state index contributed by atoms with van der Waals surface area (Å²) < 4.78 is 23.2. The number of esters is 1. The first-order chi connectivity index (χ1) is 15.3. The van der Waals surface area contributed by atoms with Crippen LogP contribution in [0.1, 0.15) is 45.1 Å². The average molecular weight is 473 g/mol. The molecule has 0 radical (unpaired) electrons. The molecular formula is C23H36BN3O5Si. The van der Waals surface area contributed by atoms with Crippen LogP contribution in [-0.2, 0) is 25.5 Å². The molecule has 180 valence electrons. The molecule has 1 aliphatic heterocycles. The van der Waals surface area contributed by atoms with Crippen LogP contribution in [-0.4, -0.2) is 60.6 Å². The van der Waals surface area contributed by atoms with Gasteiger partial charge in [-0.3, -0.25) is 0 Å². The van der Waals surface area contributed by atoms with Crippen LogP contribution in [0.15, 0.2) is 24.3 Å². The van der Waals surface area contributed by atoms with Gasteiger partial charge in [0.1, 0.15) is 5.69 Å². The van der Waals surface area contributed by atoms with E-state index >= 15 is 0 Å². The van der Waals surface area contributed by atoms with Crippen molar-refractivity contribution in [3.8, 4) is 11.3 Å². The zero-order valence-electron chi connectivity index (χ0n) is 21.1. The van der Waals surface area contributed by atoms with Gasteiger partial charge < -0.3 is 18.8 Å². The molecule has 2 heterocycles. The summed E-state index contributed by atoms with van der Waals surface area (Å²) in [5, 5.41) is 8.86. The van der Waals surface area contributed by atoms with E-state index in [1.54, 1.807) is 6.92 Å². The van der Waals surface area contributed by atoms with Crippen molar-refractivity contribution in [1.82, 2.24) is 15.0 Å². The molecule has 33 heavy (non-hydrogen) atoms. The second kappa shape index (κ2) is 9.70. The fourth-order valence-corrected chi connectivity index (χ4v) is 4.00. The van der Waals surface area contributed by atoms with Gasteiger partial charge in [0.15, 0.2) is 12.4 Å². The summed E-state index contributed by atoms with van der Waals surface area (Å²) >= 11 is 0. The fourth-order valence-electron chi connectivity index (χ4n) is 3.24. The number of hydrogen-bond donors (Lipinski definition) is 0. The molecule has 0 atom stereocenters. The average Bonchev–Trinajstić information content (AvgIpc) is 3.23. The lowest BCUT2D eigenvalue weighted by Gasteiger charge is -2.32. The van der Waals surface area contributed by atoms with Crippen molar-refractivity contribution < 1.29 is 23.6 Å². The summed E-state index contributed by atoms with van der Waals surface area (Å²) in [6.07, 6.45) is 0. The van der Waals surface area contributed by atoms with Crippen molar-refractivity contribution in [1.29, 1.82) is 0 Å². The predicted octanol–water partition coefficient (Wildman–Crippen LogP) is 3.73. The Kier molecular flexibility index (Phi) is 7.52. The number of rotatable bonds is 9. The molecule has 1 saturated heterocycles. The maximum absolute atomic E-state index is 12.5. The van der Waals surface area contributed by atoms with Crippen LogP contribution < -0.4 is 5.46 Å². The molecule has 0 aliphatic carbocycles. The summed E-state index contributed by atoms with van der Waals surface area (Å²) in [4.78, 5) is 13.9. The van der Waals surface area contributed by atoms with Gasteiger partial charge in [-0.05, 0) is 46.1 Å². The highest BCUT2D eigenvalue weighted by Gasteiger charge is 2.51. The Balaban J connectivity index is 1.79. The molecule has 1 fully saturated rings. The minimum atomic E-state index is -1.19. The number of carbonyl (C=O) groups is 1. The van der Waals surface area contributed by atoms with Crippen LogP contribution >= 0.6 is 0 Å². The van der Waals surface area contributed by atoms with Crippen LogP contribution in [0.3, 0.4) is 0 Å². The number of hydrogen-bond acceptors (Lipinski definition) is 7. The largest absolute Gasteiger partial charge is 0.494 e. The third kappa shape index (κ3) is 6.11. The van der Waals surface area contributed by atoms with E-state index < -0.39 is 32.4 Å². The molecule has 0 bridgehead atoms. The van der Waals surface area contributed by atoms with Crippen molar-refractivity contribution in [2.45, 2.75) is 78.2 Å². The summed E-state index contributed by atoms with van der Waals surface area (Å²) in [5.41, 5.74) is 1.47. The minimum Gasteiger partial charge on any atom is -0.461 e. The van der Waals surface area contributed by atoms with Gasteiger partial charge in [-0.25, -0.2) is 4.79 Å². The SMILES string of the molecule is CCOC(=O)c1nn(COCC[Si](C)(C)C)nc1-c1ccc(B2OC(C)(C)C(C)(C)O2)cc1. The summed E-state index contributed by atoms with van der Waals surface area (Å²) in [7, 11) is -1.64. The number of carbonyl (C=O) groups excluding carboxylic acids is 1. The summed E-state index contributed by atoms with van der Waals surface area (Å²) in [6, 6.07) is 8.69. The van der Waals surface area contributed by atoms with E-state index in [4.69, 9.17) is 18.8 Å². The van der Waals surface area contributed by atoms with E-state index in [1.807, 2.05) is 52.0 Å². The molecule has 1 aliphatic rings. The second-order valence-electron chi connectivity index (χ2n) is 10.5. The van der Waals surface area contributed by atoms with Crippen molar-refractivity contribution in [2.24, 2.45) is 0 Å². The molecule has 0 spiro atoms. The van der Waals surface area contributed by atoms with E-state index in [9.17, 15) is 4.79 Å². The molecule has 2 aromatic rings. The highest BCUT2D eigenvalue weighted by Crippen LogP contribution is 2.36. The van der Waals surface area contributed by atoms with Crippen molar-refractivity contribution >= 4 is 26.6 Å².